The molecule has 0 saturated carbocycles. The first-order chi connectivity index (χ1) is 5.59. The van der Waals surface area contributed by atoms with E-state index in [0.29, 0.717) is 11.6 Å². The highest BCUT2D eigenvalue weighted by Crippen LogP contribution is 2.06. The Kier molecular flexibility index (Phi) is 2.44. The summed E-state index contributed by atoms with van der Waals surface area (Å²) < 4.78 is 4.74. The van der Waals surface area contributed by atoms with E-state index in [1.807, 2.05) is 0 Å². The average molecular weight is 169 g/mol. The Labute approximate surface area is 69.9 Å². The predicted octanol–water partition coefficient (Wildman–Crippen LogP) is 0.269. The van der Waals surface area contributed by atoms with E-state index in [4.69, 9.17) is 10.3 Å². The fourth-order valence-electron chi connectivity index (χ4n) is 0.665. The lowest BCUT2D eigenvalue weighted by Gasteiger charge is -2.02. The Morgan fingerprint density at radius 1 is 1.83 bits per heavy atom. The quantitative estimate of drug-likeness (QED) is 0.665. The maximum Gasteiger partial charge on any atom is 0.242 e. The van der Waals surface area contributed by atoms with Crippen LogP contribution < -0.4 is 11.1 Å². The molecular weight excluding hydrogens is 158 g/mol. The molecule has 0 aliphatic heterocycles. The molecule has 12 heavy (non-hydrogen) atoms. The summed E-state index contributed by atoms with van der Waals surface area (Å²) in [6.07, 6.45) is 0. The fraction of sp³-hybridized carbons (Fsp3) is 0.429. The molecule has 0 aliphatic carbocycles. The molecule has 1 aromatic heterocycles. The van der Waals surface area contributed by atoms with Crippen LogP contribution in [-0.4, -0.2) is 17.1 Å². The van der Waals surface area contributed by atoms with Crippen LogP contribution in [0.2, 0.25) is 0 Å². The molecule has 0 fully saturated rings. The minimum atomic E-state index is -0.540. The Bertz CT molecular complexity index is 280. The van der Waals surface area contributed by atoms with Gasteiger partial charge in [-0.05, 0) is 13.8 Å². The molecule has 66 valence electrons. The molecule has 5 heteroatoms. The van der Waals surface area contributed by atoms with Gasteiger partial charge in [0.2, 0.25) is 5.91 Å². The van der Waals surface area contributed by atoms with Gasteiger partial charge in [0.15, 0.2) is 5.82 Å². The lowest BCUT2D eigenvalue weighted by atomic mass is 10.3. The van der Waals surface area contributed by atoms with E-state index in [2.05, 4.69) is 10.5 Å². The van der Waals surface area contributed by atoms with Crippen molar-refractivity contribution < 1.29 is 9.32 Å². The molecule has 1 rings (SSSR count). The predicted molar refractivity (Wildman–Crippen MR) is 43.5 cm³/mol. The van der Waals surface area contributed by atoms with E-state index < -0.39 is 6.04 Å². The van der Waals surface area contributed by atoms with E-state index in [1.54, 1.807) is 19.9 Å². The highest BCUT2D eigenvalue weighted by molar-refractivity contribution is 5.93. The molecule has 3 N–H and O–H groups in total. The van der Waals surface area contributed by atoms with Crippen molar-refractivity contribution in [1.82, 2.24) is 5.16 Å². The standard InChI is InChI=1S/C7H11N3O2/c1-4-3-6(10-12-4)9-7(11)5(2)8/h3,5H,8H2,1-2H3,(H,9,10,11)/t5-/m1/s1. The van der Waals surface area contributed by atoms with Crippen LogP contribution in [0.15, 0.2) is 10.6 Å². The highest BCUT2D eigenvalue weighted by Gasteiger charge is 2.09. The molecule has 0 unspecified atom stereocenters. The van der Waals surface area contributed by atoms with Crippen LogP contribution in [-0.2, 0) is 4.79 Å². The molecule has 0 bridgehead atoms. The van der Waals surface area contributed by atoms with E-state index in [-0.39, 0.29) is 5.91 Å². The van der Waals surface area contributed by atoms with E-state index in [9.17, 15) is 4.79 Å². The number of nitrogens with two attached hydrogens (primary N) is 1. The lowest BCUT2D eigenvalue weighted by Crippen LogP contribution is -2.32. The molecule has 5 nitrogen and oxygen atoms in total. The van der Waals surface area contributed by atoms with Crippen molar-refractivity contribution in [2.24, 2.45) is 5.73 Å². The van der Waals surface area contributed by atoms with Crippen molar-refractivity contribution >= 4 is 11.7 Å². The van der Waals surface area contributed by atoms with Crippen molar-refractivity contribution in [2.75, 3.05) is 5.32 Å². The van der Waals surface area contributed by atoms with Crippen LogP contribution in [0.1, 0.15) is 12.7 Å². The summed E-state index contributed by atoms with van der Waals surface area (Å²) in [4.78, 5) is 11.0. The number of carbonyl (C=O) groups is 1. The number of aryl methyl sites for hydroxylation is 1. The molecule has 1 amide bonds. The molecular formula is C7H11N3O2. The van der Waals surface area contributed by atoms with Gasteiger partial charge in [-0.25, -0.2) is 0 Å². The maximum absolute atomic E-state index is 11.0. The summed E-state index contributed by atoms with van der Waals surface area (Å²) in [5.74, 6) is 0.771. The molecule has 0 saturated heterocycles. The van der Waals surface area contributed by atoms with Crippen molar-refractivity contribution in [1.29, 1.82) is 0 Å². The normalized spacial score (nSPS) is 12.6. The van der Waals surface area contributed by atoms with Gasteiger partial charge in [0.25, 0.3) is 0 Å². The minimum Gasteiger partial charge on any atom is -0.360 e. The van der Waals surface area contributed by atoms with Gasteiger partial charge < -0.3 is 15.6 Å². The van der Waals surface area contributed by atoms with Gasteiger partial charge in [-0.1, -0.05) is 5.16 Å². The molecule has 0 radical (unpaired) electrons. The second-order valence-electron chi connectivity index (χ2n) is 2.60. The Hall–Kier alpha value is -1.36. The van der Waals surface area contributed by atoms with E-state index in [0.717, 1.165) is 0 Å². The number of aromatic nitrogens is 1. The summed E-state index contributed by atoms with van der Waals surface area (Å²) in [5, 5.41) is 6.07. The second kappa shape index (κ2) is 3.36. The summed E-state index contributed by atoms with van der Waals surface area (Å²) in [7, 11) is 0. The smallest absolute Gasteiger partial charge is 0.242 e. The molecule has 0 aliphatic rings. The third kappa shape index (κ3) is 2.06. The number of carbonyl (C=O) groups excluding carboxylic acids is 1. The largest absolute Gasteiger partial charge is 0.360 e. The Morgan fingerprint density at radius 2 is 2.50 bits per heavy atom. The zero-order valence-electron chi connectivity index (χ0n) is 7.00. The first-order valence-corrected chi connectivity index (χ1v) is 3.59. The summed E-state index contributed by atoms with van der Waals surface area (Å²) in [6, 6.07) is 1.09. The van der Waals surface area contributed by atoms with Crippen LogP contribution in [0.3, 0.4) is 0 Å². The first kappa shape index (κ1) is 8.73. The van der Waals surface area contributed by atoms with Crippen LogP contribution in [0.5, 0.6) is 0 Å². The van der Waals surface area contributed by atoms with Crippen molar-refractivity contribution in [2.45, 2.75) is 19.9 Å². The van der Waals surface area contributed by atoms with Crippen molar-refractivity contribution in [3.8, 4) is 0 Å². The summed E-state index contributed by atoms with van der Waals surface area (Å²) in [5.41, 5.74) is 5.32. The lowest BCUT2D eigenvalue weighted by molar-refractivity contribution is -0.117. The van der Waals surface area contributed by atoms with Gasteiger partial charge in [0.1, 0.15) is 5.76 Å². The van der Waals surface area contributed by atoms with Crippen molar-refractivity contribution in [3.05, 3.63) is 11.8 Å². The number of rotatable bonds is 2. The van der Waals surface area contributed by atoms with Crippen LogP contribution in [0, 0.1) is 6.92 Å². The number of hydrogen-bond donors (Lipinski definition) is 2. The Morgan fingerprint density at radius 3 is 2.92 bits per heavy atom. The van der Waals surface area contributed by atoms with Gasteiger partial charge in [0.05, 0.1) is 6.04 Å². The zero-order chi connectivity index (χ0) is 9.14. The Balaban J connectivity index is 2.58. The zero-order valence-corrected chi connectivity index (χ0v) is 7.00. The number of nitrogens with zero attached hydrogens (tertiary/aromatic N) is 1. The number of anilines is 1. The van der Waals surface area contributed by atoms with E-state index >= 15 is 0 Å². The van der Waals surface area contributed by atoms with Crippen LogP contribution >= 0.6 is 0 Å². The van der Waals surface area contributed by atoms with Gasteiger partial charge >= 0.3 is 0 Å². The molecule has 0 aromatic carbocycles. The molecule has 1 atom stereocenters. The average Bonchev–Trinajstić information content (AvgIpc) is 2.35. The van der Waals surface area contributed by atoms with Crippen LogP contribution in [0.4, 0.5) is 5.82 Å². The monoisotopic (exact) mass is 169 g/mol. The number of hydrogen-bond acceptors (Lipinski definition) is 4. The fourth-order valence-corrected chi connectivity index (χ4v) is 0.665. The maximum atomic E-state index is 11.0. The molecule has 0 spiro atoms. The van der Waals surface area contributed by atoms with Gasteiger partial charge in [-0.3, -0.25) is 4.79 Å². The third-order valence-corrected chi connectivity index (χ3v) is 1.29. The third-order valence-electron chi connectivity index (χ3n) is 1.29. The number of amides is 1. The SMILES string of the molecule is Cc1cc(NC(=O)[C@@H](C)N)no1. The first-order valence-electron chi connectivity index (χ1n) is 3.59. The van der Waals surface area contributed by atoms with Gasteiger partial charge in [-0.2, -0.15) is 0 Å². The van der Waals surface area contributed by atoms with Crippen molar-refractivity contribution in [3.63, 3.8) is 0 Å². The highest BCUT2D eigenvalue weighted by atomic mass is 16.5. The van der Waals surface area contributed by atoms with Gasteiger partial charge in [0, 0.05) is 6.07 Å². The topological polar surface area (TPSA) is 81.2 Å². The summed E-state index contributed by atoms with van der Waals surface area (Å²) in [6.45, 7) is 3.34. The second-order valence-corrected chi connectivity index (χ2v) is 2.60. The van der Waals surface area contributed by atoms with E-state index in [1.165, 1.54) is 0 Å². The minimum absolute atomic E-state index is 0.275. The van der Waals surface area contributed by atoms with Crippen LogP contribution in [0.25, 0.3) is 0 Å². The molecule has 1 aromatic rings. The van der Waals surface area contributed by atoms with Gasteiger partial charge in [-0.15, -0.1) is 0 Å². The number of nitrogens with one attached hydrogen (secondary N) is 1. The molecule has 1 heterocycles. The summed E-state index contributed by atoms with van der Waals surface area (Å²) >= 11 is 0.